The van der Waals surface area contributed by atoms with Gasteiger partial charge in [-0.25, -0.2) is 9.94 Å². The molecule has 1 fully saturated rings. The number of ether oxygens (including phenoxy) is 1. The van der Waals surface area contributed by atoms with Crippen molar-refractivity contribution in [1.82, 2.24) is 15.0 Å². The van der Waals surface area contributed by atoms with Gasteiger partial charge in [0.15, 0.2) is 0 Å². The molecule has 3 heterocycles. The SMILES string of the molecule is CCCCOc1cc2c(N3CCCCCN3)cccn2n1. The highest BCUT2D eigenvalue weighted by atomic mass is 16.5. The fourth-order valence-electron chi connectivity index (χ4n) is 2.67. The first-order valence-electron chi connectivity index (χ1n) is 8.01. The van der Waals surface area contributed by atoms with Crippen molar-refractivity contribution in [2.75, 3.05) is 24.7 Å². The highest BCUT2D eigenvalue weighted by Gasteiger charge is 2.14. The van der Waals surface area contributed by atoms with Crippen LogP contribution in [0.3, 0.4) is 0 Å². The number of fused-ring (bicyclic) bond motifs is 1. The third-order valence-electron chi connectivity index (χ3n) is 3.86. The van der Waals surface area contributed by atoms with E-state index in [-0.39, 0.29) is 0 Å². The van der Waals surface area contributed by atoms with Crippen LogP contribution in [0.25, 0.3) is 5.52 Å². The zero-order chi connectivity index (χ0) is 14.5. The molecule has 0 atom stereocenters. The number of nitrogens with zero attached hydrogens (tertiary/aromatic N) is 3. The average molecular weight is 288 g/mol. The Labute approximate surface area is 125 Å². The number of rotatable bonds is 5. The Morgan fingerprint density at radius 3 is 3.19 bits per heavy atom. The van der Waals surface area contributed by atoms with Gasteiger partial charge in [0.2, 0.25) is 5.88 Å². The smallest absolute Gasteiger partial charge is 0.233 e. The second-order valence-corrected chi connectivity index (χ2v) is 5.53. The standard InChI is InChI=1S/C16H24N4O/c1-2-3-12-21-16-13-15-14(8-7-11-20(15)18-16)19-10-6-4-5-9-17-19/h7-8,11,13,17H,2-6,9-10,12H2,1H3. The van der Waals surface area contributed by atoms with E-state index in [0.717, 1.165) is 38.1 Å². The van der Waals surface area contributed by atoms with Gasteiger partial charge in [0.05, 0.1) is 17.8 Å². The normalized spacial score (nSPS) is 16.1. The van der Waals surface area contributed by atoms with Gasteiger partial charge in [0, 0.05) is 25.4 Å². The molecule has 1 aliphatic heterocycles. The quantitative estimate of drug-likeness (QED) is 0.859. The van der Waals surface area contributed by atoms with E-state index in [2.05, 4.69) is 28.5 Å². The number of pyridine rings is 1. The summed E-state index contributed by atoms with van der Waals surface area (Å²) < 4.78 is 7.63. The van der Waals surface area contributed by atoms with Gasteiger partial charge >= 0.3 is 0 Å². The molecule has 1 N–H and O–H groups in total. The predicted molar refractivity (Wildman–Crippen MR) is 84.8 cm³/mol. The number of hydrogen-bond donors (Lipinski definition) is 1. The minimum atomic E-state index is 0.714. The third kappa shape index (κ3) is 3.29. The Hall–Kier alpha value is -1.75. The zero-order valence-electron chi connectivity index (χ0n) is 12.7. The van der Waals surface area contributed by atoms with Crippen LogP contribution in [0.4, 0.5) is 5.69 Å². The molecular weight excluding hydrogens is 264 g/mol. The number of aromatic nitrogens is 2. The van der Waals surface area contributed by atoms with E-state index in [4.69, 9.17) is 4.74 Å². The number of anilines is 1. The van der Waals surface area contributed by atoms with Crippen LogP contribution in [0.15, 0.2) is 24.4 Å². The van der Waals surface area contributed by atoms with Crippen LogP contribution in [0.2, 0.25) is 0 Å². The Morgan fingerprint density at radius 2 is 2.29 bits per heavy atom. The number of hydrazine groups is 1. The maximum Gasteiger partial charge on any atom is 0.233 e. The number of nitrogens with one attached hydrogen (secondary N) is 1. The molecule has 0 saturated carbocycles. The second kappa shape index (κ2) is 6.80. The van der Waals surface area contributed by atoms with Crippen molar-refractivity contribution in [3.8, 4) is 5.88 Å². The van der Waals surface area contributed by atoms with Crippen molar-refractivity contribution in [3.05, 3.63) is 24.4 Å². The van der Waals surface area contributed by atoms with Gasteiger partial charge in [-0.3, -0.25) is 0 Å². The highest BCUT2D eigenvalue weighted by molar-refractivity contribution is 5.73. The summed E-state index contributed by atoms with van der Waals surface area (Å²) in [4.78, 5) is 0. The van der Waals surface area contributed by atoms with E-state index in [1.807, 2.05) is 22.8 Å². The van der Waals surface area contributed by atoms with Gasteiger partial charge in [-0.2, -0.15) is 0 Å². The van der Waals surface area contributed by atoms with Crippen LogP contribution >= 0.6 is 0 Å². The van der Waals surface area contributed by atoms with E-state index in [1.165, 1.54) is 24.9 Å². The average Bonchev–Trinajstić information content (AvgIpc) is 2.73. The summed E-state index contributed by atoms with van der Waals surface area (Å²) in [6.45, 7) is 4.97. The lowest BCUT2D eigenvalue weighted by Crippen LogP contribution is -2.37. The first-order valence-corrected chi connectivity index (χ1v) is 8.01. The van der Waals surface area contributed by atoms with Gasteiger partial charge in [-0.15, -0.1) is 5.10 Å². The maximum absolute atomic E-state index is 5.73. The fraction of sp³-hybridized carbons (Fsp3) is 0.562. The summed E-state index contributed by atoms with van der Waals surface area (Å²) in [5.74, 6) is 0.714. The topological polar surface area (TPSA) is 41.8 Å². The molecule has 0 aliphatic carbocycles. The van der Waals surface area contributed by atoms with Gasteiger partial charge in [-0.1, -0.05) is 19.8 Å². The summed E-state index contributed by atoms with van der Waals surface area (Å²) in [5, 5.41) is 6.75. The van der Waals surface area contributed by atoms with Crippen molar-refractivity contribution in [3.63, 3.8) is 0 Å². The predicted octanol–water partition coefficient (Wildman–Crippen LogP) is 3.01. The summed E-state index contributed by atoms with van der Waals surface area (Å²) in [6, 6.07) is 6.22. The van der Waals surface area contributed by atoms with Gasteiger partial charge in [-0.05, 0) is 31.4 Å². The molecular formula is C16H24N4O. The van der Waals surface area contributed by atoms with E-state index < -0.39 is 0 Å². The first-order chi connectivity index (χ1) is 10.4. The van der Waals surface area contributed by atoms with Crippen LogP contribution in [0.5, 0.6) is 5.88 Å². The van der Waals surface area contributed by atoms with E-state index >= 15 is 0 Å². The summed E-state index contributed by atoms with van der Waals surface area (Å²) in [7, 11) is 0. The molecule has 21 heavy (non-hydrogen) atoms. The molecule has 0 aromatic carbocycles. The monoisotopic (exact) mass is 288 g/mol. The highest BCUT2D eigenvalue weighted by Crippen LogP contribution is 2.25. The van der Waals surface area contributed by atoms with Crippen LogP contribution < -0.4 is 15.2 Å². The number of unbranched alkanes of at least 4 members (excludes halogenated alkanes) is 1. The molecule has 0 spiro atoms. The van der Waals surface area contributed by atoms with Crippen LogP contribution in [-0.4, -0.2) is 29.3 Å². The largest absolute Gasteiger partial charge is 0.477 e. The molecule has 5 nitrogen and oxygen atoms in total. The van der Waals surface area contributed by atoms with Gasteiger partial charge < -0.3 is 9.75 Å². The van der Waals surface area contributed by atoms with Crippen molar-refractivity contribution >= 4 is 11.2 Å². The lowest BCUT2D eigenvalue weighted by atomic mass is 10.2. The van der Waals surface area contributed by atoms with Crippen LogP contribution in [-0.2, 0) is 0 Å². The Balaban J connectivity index is 1.84. The summed E-state index contributed by atoms with van der Waals surface area (Å²) in [6.07, 6.45) is 7.93. The molecule has 2 aromatic rings. The van der Waals surface area contributed by atoms with E-state index in [0.29, 0.717) is 5.88 Å². The minimum Gasteiger partial charge on any atom is -0.477 e. The van der Waals surface area contributed by atoms with Crippen LogP contribution in [0.1, 0.15) is 39.0 Å². The molecule has 5 heteroatoms. The molecule has 0 radical (unpaired) electrons. The van der Waals surface area contributed by atoms with Crippen molar-refractivity contribution in [1.29, 1.82) is 0 Å². The molecule has 0 amide bonds. The first kappa shape index (κ1) is 14.2. The maximum atomic E-state index is 5.73. The molecule has 0 bridgehead atoms. The van der Waals surface area contributed by atoms with E-state index in [1.54, 1.807) is 0 Å². The molecule has 0 unspecified atom stereocenters. The minimum absolute atomic E-state index is 0.714. The van der Waals surface area contributed by atoms with Crippen molar-refractivity contribution in [2.24, 2.45) is 0 Å². The lowest BCUT2D eigenvalue weighted by Gasteiger charge is -2.23. The second-order valence-electron chi connectivity index (χ2n) is 5.53. The Bertz CT molecular complexity index is 573. The fourth-order valence-corrected chi connectivity index (χ4v) is 2.67. The number of hydrogen-bond acceptors (Lipinski definition) is 4. The van der Waals surface area contributed by atoms with Crippen molar-refractivity contribution < 1.29 is 4.74 Å². The van der Waals surface area contributed by atoms with Crippen molar-refractivity contribution in [2.45, 2.75) is 39.0 Å². The molecule has 3 rings (SSSR count). The summed E-state index contributed by atoms with van der Waals surface area (Å²) >= 11 is 0. The zero-order valence-corrected chi connectivity index (χ0v) is 12.7. The summed E-state index contributed by atoms with van der Waals surface area (Å²) in [5.41, 5.74) is 5.78. The molecule has 1 aliphatic rings. The molecule has 2 aromatic heterocycles. The third-order valence-corrected chi connectivity index (χ3v) is 3.86. The molecule has 1 saturated heterocycles. The lowest BCUT2D eigenvalue weighted by molar-refractivity contribution is 0.296. The van der Waals surface area contributed by atoms with Gasteiger partial charge in [0.25, 0.3) is 0 Å². The van der Waals surface area contributed by atoms with Gasteiger partial charge in [0.1, 0.15) is 0 Å². The Kier molecular flexibility index (Phi) is 4.60. The van der Waals surface area contributed by atoms with E-state index in [9.17, 15) is 0 Å². The van der Waals surface area contributed by atoms with Crippen LogP contribution in [0, 0.1) is 0 Å². The Morgan fingerprint density at radius 1 is 1.33 bits per heavy atom. The molecule has 114 valence electrons.